The number of rotatable bonds is 5. The van der Waals surface area contributed by atoms with E-state index in [0.29, 0.717) is 23.6 Å². The molecule has 0 aromatic heterocycles. The van der Waals surface area contributed by atoms with Gasteiger partial charge in [-0.3, -0.25) is 0 Å². The molecule has 0 unspecified atom stereocenters. The second-order valence-corrected chi connectivity index (χ2v) is 4.48. The fraction of sp³-hybridized carbons (Fsp3) is 0.417. The Balaban J connectivity index is 3.03. The van der Waals surface area contributed by atoms with Gasteiger partial charge in [0.2, 0.25) is 0 Å². The maximum Gasteiger partial charge on any atom is 0.341 e. The number of nitrogen functional groups attached to an aromatic ring is 1. The molecular formula is C12H16BrNO3. The molecule has 0 aliphatic carbocycles. The van der Waals surface area contributed by atoms with E-state index < -0.39 is 5.97 Å². The largest absolute Gasteiger partial charge is 0.491 e. The van der Waals surface area contributed by atoms with E-state index in [4.69, 9.17) is 15.2 Å². The summed E-state index contributed by atoms with van der Waals surface area (Å²) in [6, 6.07) is 3.34. The maximum absolute atomic E-state index is 11.6. The van der Waals surface area contributed by atoms with Crippen LogP contribution in [0.3, 0.4) is 0 Å². The molecule has 0 saturated carbocycles. The minimum atomic E-state index is -0.454. The summed E-state index contributed by atoms with van der Waals surface area (Å²) in [5, 5.41) is 0. The number of hydrogen-bond donors (Lipinski definition) is 1. The lowest BCUT2D eigenvalue weighted by molar-refractivity contribution is 0.0596. The van der Waals surface area contributed by atoms with Gasteiger partial charge in [0.05, 0.1) is 19.4 Å². The summed E-state index contributed by atoms with van der Waals surface area (Å²) >= 11 is 3.28. The molecule has 17 heavy (non-hydrogen) atoms. The lowest BCUT2D eigenvalue weighted by Crippen LogP contribution is -2.09. The lowest BCUT2D eigenvalue weighted by atomic mass is 10.1. The topological polar surface area (TPSA) is 61.5 Å². The first-order chi connectivity index (χ1) is 8.10. The standard InChI is InChI=1S/C12H16BrNO3/c1-3-4-5-17-11-9(12(15)16-2)6-8(13)7-10(11)14/h6-7H,3-5,14H2,1-2H3. The average Bonchev–Trinajstić information content (AvgIpc) is 2.30. The quantitative estimate of drug-likeness (QED) is 0.516. The predicted molar refractivity (Wildman–Crippen MR) is 70.3 cm³/mol. The molecule has 0 bridgehead atoms. The third-order valence-corrected chi connectivity index (χ3v) is 2.69. The van der Waals surface area contributed by atoms with E-state index in [2.05, 4.69) is 22.9 Å². The van der Waals surface area contributed by atoms with Crippen LogP contribution in [-0.2, 0) is 4.74 Å². The third kappa shape index (κ3) is 3.63. The highest BCUT2D eigenvalue weighted by molar-refractivity contribution is 9.10. The summed E-state index contributed by atoms with van der Waals surface area (Å²) in [4.78, 5) is 11.6. The highest BCUT2D eigenvalue weighted by Gasteiger charge is 2.17. The Morgan fingerprint density at radius 3 is 2.76 bits per heavy atom. The number of ether oxygens (including phenoxy) is 2. The van der Waals surface area contributed by atoms with Gasteiger partial charge in [0, 0.05) is 4.47 Å². The van der Waals surface area contributed by atoms with Crippen molar-refractivity contribution < 1.29 is 14.3 Å². The van der Waals surface area contributed by atoms with Crippen LogP contribution in [0.5, 0.6) is 5.75 Å². The number of anilines is 1. The van der Waals surface area contributed by atoms with Crippen molar-refractivity contribution in [2.75, 3.05) is 19.5 Å². The summed E-state index contributed by atoms with van der Waals surface area (Å²) < 4.78 is 11.0. The van der Waals surface area contributed by atoms with Crippen molar-refractivity contribution in [1.82, 2.24) is 0 Å². The van der Waals surface area contributed by atoms with Gasteiger partial charge in [-0.05, 0) is 18.6 Å². The van der Waals surface area contributed by atoms with E-state index in [1.807, 2.05) is 0 Å². The van der Waals surface area contributed by atoms with Crippen molar-refractivity contribution in [3.05, 3.63) is 22.2 Å². The fourth-order valence-electron chi connectivity index (χ4n) is 1.36. The number of methoxy groups -OCH3 is 1. The molecule has 0 atom stereocenters. The SMILES string of the molecule is CCCCOc1c(N)cc(Br)cc1C(=O)OC. The van der Waals surface area contributed by atoms with Crippen molar-refractivity contribution in [3.8, 4) is 5.75 Å². The zero-order chi connectivity index (χ0) is 12.8. The van der Waals surface area contributed by atoms with Gasteiger partial charge in [0.15, 0.2) is 5.75 Å². The zero-order valence-corrected chi connectivity index (χ0v) is 11.5. The van der Waals surface area contributed by atoms with Crippen LogP contribution in [0.4, 0.5) is 5.69 Å². The van der Waals surface area contributed by atoms with Crippen LogP contribution in [0.15, 0.2) is 16.6 Å². The Hall–Kier alpha value is -1.23. The van der Waals surface area contributed by atoms with Crippen molar-refractivity contribution in [1.29, 1.82) is 0 Å². The van der Waals surface area contributed by atoms with Crippen LogP contribution in [0.2, 0.25) is 0 Å². The third-order valence-electron chi connectivity index (χ3n) is 2.23. The van der Waals surface area contributed by atoms with Crippen molar-refractivity contribution in [2.45, 2.75) is 19.8 Å². The van der Waals surface area contributed by atoms with E-state index >= 15 is 0 Å². The minimum absolute atomic E-state index is 0.343. The van der Waals surface area contributed by atoms with Crippen molar-refractivity contribution in [3.63, 3.8) is 0 Å². The van der Waals surface area contributed by atoms with Gasteiger partial charge in [0.1, 0.15) is 5.56 Å². The van der Waals surface area contributed by atoms with E-state index in [0.717, 1.165) is 17.3 Å². The second kappa shape index (κ2) is 6.49. The lowest BCUT2D eigenvalue weighted by Gasteiger charge is -2.13. The van der Waals surface area contributed by atoms with Crippen LogP contribution in [0.25, 0.3) is 0 Å². The maximum atomic E-state index is 11.6. The Morgan fingerprint density at radius 1 is 1.47 bits per heavy atom. The molecule has 0 heterocycles. The first kappa shape index (κ1) is 13.8. The second-order valence-electron chi connectivity index (χ2n) is 3.57. The summed E-state index contributed by atoms with van der Waals surface area (Å²) in [6.45, 7) is 2.60. The molecule has 0 amide bonds. The van der Waals surface area contributed by atoms with Gasteiger partial charge in [-0.25, -0.2) is 4.79 Å². The number of carbonyl (C=O) groups is 1. The molecule has 0 spiro atoms. The van der Waals surface area contributed by atoms with Crippen LogP contribution in [0, 0.1) is 0 Å². The summed E-state index contributed by atoms with van der Waals surface area (Å²) in [7, 11) is 1.33. The molecule has 0 aliphatic rings. The Morgan fingerprint density at radius 2 is 2.18 bits per heavy atom. The highest BCUT2D eigenvalue weighted by Crippen LogP contribution is 2.31. The van der Waals surface area contributed by atoms with Crippen LogP contribution in [0.1, 0.15) is 30.1 Å². The summed E-state index contributed by atoms with van der Waals surface area (Å²) in [5.41, 5.74) is 6.60. The van der Waals surface area contributed by atoms with Gasteiger partial charge in [0.25, 0.3) is 0 Å². The number of unbranched alkanes of at least 4 members (excludes halogenated alkanes) is 1. The molecule has 0 aliphatic heterocycles. The van der Waals surface area contributed by atoms with Crippen LogP contribution < -0.4 is 10.5 Å². The number of hydrogen-bond acceptors (Lipinski definition) is 4. The molecular weight excluding hydrogens is 286 g/mol. The van der Waals surface area contributed by atoms with E-state index in [1.165, 1.54) is 7.11 Å². The van der Waals surface area contributed by atoms with E-state index in [9.17, 15) is 4.79 Å². The monoisotopic (exact) mass is 301 g/mol. The Kier molecular flexibility index (Phi) is 5.28. The zero-order valence-electron chi connectivity index (χ0n) is 9.96. The minimum Gasteiger partial charge on any atom is -0.491 e. The Bertz CT molecular complexity index is 407. The molecule has 94 valence electrons. The van der Waals surface area contributed by atoms with Crippen LogP contribution in [-0.4, -0.2) is 19.7 Å². The molecule has 0 fully saturated rings. The Labute approximate surface area is 109 Å². The van der Waals surface area contributed by atoms with Crippen molar-refractivity contribution in [2.24, 2.45) is 0 Å². The average molecular weight is 302 g/mol. The number of carbonyl (C=O) groups excluding carboxylic acids is 1. The predicted octanol–water partition coefficient (Wildman–Crippen LogP) is 3.00. The number of esters is 1. The molecule has 2 N–H and O–H groups in total. The van der Waals surface area contributed by atoms with Gasteiger partial charge >= 0.3 is 5.97 Å². The van der Waals surface area contributed by atoms with E-state index in [1.54, 1.807) is 12.1 Å². The summed E-state index contributed by atoms with van der Waals surface area (Å²) in [5.74, 6) is -0.0574. The molecule has 1 rings (SSSR count). The first-order valence-corrected chi connectivity index (χ1v) is 6.19. The fourth-order valence-corrected chi connectivity index (χ4v) is 1.83. The molecule has 0 saturated heterocycles. The molecule has 1 aromatic rings. The van der Waals surface area contributed by atoms with Crippen LogP contribution >= 0.6 is 15.9 Å². The number of benzene rings is 1. The highest BCUT2D eigenvalue weighted by atomic mass is 79.9. The molecule has 1 aromatic carbocycles. The summed E-state index contributed by atoms with van der Waals surface area (Å²) in [6.07, 6.45) is 1.93. The van der Waals surface area contributed by atoms with Gasteiger partial charge in [-0.15, -0.1) is 0 Å². The number of nitrogens with two attached hydrogens (primary N) is 1. The first-order valence-electron chi connectivity index (χ1n) is 5.40. The van der Waals surface area contributed by atoms with Gasteiger partial charge < -0.3 is 15.2 Å². The molecule has 0 radical (unpaired) electrons. The molecule has 5 heteroatoms. The normalized spacial score (nSPS) is 10.1. The molecule has 4 nitrogen and oxygen atoms in total. The van der Waals surface area contributed by atoms with Gasteiger partial charge in [-0.1, -0.05) is 29.3 Å². The number of halogens is 1. The van der Waals surface area contributed by atoms with Crippen molar-refractivity contribution >= 4 is 27.6 Å². The smallest absolute Gasteiger partial charge is 0.341 e. The van der Waals surface area contributed by atoms with Gasteiger partial charge in [-0.2, -0.15) is 0 Å². The van der Waals surface area contributed by atoms with E-state index in [-0.39, 0.29) is 0 Å².